The zero-order chi connectivity index (χ0) is 8.97. The van der Waals surface area contributed by atoms with Gasteiger partial charge in [-0.05, 0) is 14.1 Å². The molecule has 1 aliphatic heterocycles. The number of likely N-dealkylation sites (N-methyl/N-ethyl adjacent to an activating group) is 1. The number of piperazine rings is 1. The summed E-state index contributed by atoms with van der Waals surface area (Å²) in [5, 5.41) is 10.7. The quantitative estimate of drug-likeness (QED) is 0.612. The molecule has 0 bridgehead atoms. The van der Waals surface area contributed by atoms with Crippen LogP contribution in [-0.2, 0) is 0 Å². The topological polar surface area (TPSA) is 42.3 Å². The van der Waals surface area contributed by atoms with Crippen molar-refractivity contribution in [1.82, 2.24) is 15.3 Å². The molecule has 1 N–H and O–H groups in total. The monoisotopic (exact) mass is 168 g/mol. The Morgan fingerprint density at radius 1 is 1.58 bits per heavy atom. The Balaban J connectivity index is 2.47. The van der Waals surface area contributed by atoms with Crippen LogP contribution in [0.25, 0.3) is 0 Å². The minimum Gasteiger partial charge on any atom is -0.303 e. The average Bonchev–Trinajstić information content (AvgIpc) is 2.05. The first kappa shape index (κ1) is 9.46. The molecular weight excluding hydrogens is 152 g/mol. The van der Waals surface area contributed by atoms with Gasteiger partial charge in [0.15, 0.2) is 0 Å². The van der Waals surface area contributed by atoms with Crippen molar-refractivity contribution >= 4 is 0 Å². The van der Waals surface area contributed by atoms with Crippen molar-refractivity contribution < 1.29 is 0 Å². The van der Waals surface area contributed by atoms with Crippen molar-refractivity contribution in [3.05, 3.63) is 0 Å². The van der Waals surface area contributed by atoms with Gasteiger partial charge < -0.3 is 4.90 Å². The predicted molar refractivity (Wildman–Crippen MR) is 47.3 cm³/mol. The lowest BCUT2D eigenvalue weighted by Gasteiger charge is -2.38. The molecule has 0 aliphatic carbocycles. The zero-order valence-electron chi connectivity index (χ0n) is 7.75. The highest BCUT2D eigenvalue weighted by Crippen LogP contribution is 2.07. The molecule has 68 valence electrons. The third kappa shape index (κ3) is 2.18. The maximum Gasteiger partial charge on any atom is 0.0639 e. The fraction of sp³-hybridized carbons (Fsp3) is 0.875. The molecule has 0 radical (unpaired) electrons. The van der Waals surface area contributed by atoms with Gasteiger partial charge in [0.2, 0.25) is 0 Å². The second-order valence-electron chi connectivity index (χ2n) is 3.20. The molecular formula is C8H16N4. The van der Waals surface area contributed by atoms with Gasteiger partial charge in [-0.1, -0.05) is 0 Å². The third-order valence-electron chi connectivity index (χ3n) is 2.30. The van der Waals surface area contributed by atoms with Crippen LogP contribution < -0.4 is 5.43 Å². The van der Waals surface area contributed by atoms with E-state index in [1.807, 2.05) is 7.05 Å². The zero-order valence-corrected chi connectivity index (χ0v) is 7.75. The van der Waals surface area contributed by atoms with Crippen LogP contribution in [0.4, 0.5) is 0 Å². The fourth-order valence-corrected chi connectivity index (χ4v) is 1.59. The van der Waals surface area contributed by atoms with Gasteiger partial charge in [0, 0.05) is 19.6 Å². The molecule has 0 saturated carbocycles. The maximum absolute atomic E-state index is 8.60. The summed E-state index contributed by atoms with van der Waals surface area (Å²) in [5.74, 6) is 0. The molecule has 1 rings (SSSR count). The van der Waals surface area contributed by atoms with E-state index in [-0.39, 0.29) is 0 Å². The summed E-state index contributed by atoms with van der Waals surface area (Å²) in [6, 6.07) is 2.56. The number of hydrogen-bond donors (Lipinski definition) is 1. The largest absolute Gasteiger partial charge is 0.303 e. The molecule has 0 unspecified atom stereocenters. The predicted octanol–water partition coefficient (Wildman–Crippen LogP) is -0.350. The summed E-state index contributed by atoms with van der Waals surface area (Å²) in [7, 11) is 4.01. The first-order chi connectivity index (χ1) is 5.77. The van der Waals surface area contributed by atoms with Gasteiger partial charge in [0.05, 0.1) is 18.5 Å². The second kappa shape index (κ2) is 4.41. The molecule has 1 saturated heterocycles. The summed E-state index contributed by atoms with van der Waals surface area (Å²) < 4.78 is 0. The molecule has 4 heteroatoms. The molecule has 0 aromatic carbocycles. The Labute approximate surface area is 73.7 Å². The van der Waals surface area contributed by atoms with Gasteiger partial charge in [0.25, 0.3) is 0 Å². The van der Waals surface area contributed by atoms with Crippen LogP contribution in [0.2, 0.25) is 0 Å². The number of nitrogens with zero attached hydrogens (tertiary/aromatic N) is 3. The average molecular weight is 168 g/mol. The number of hydrazine groups is 1. The summed E-state index contributed by atoms with van der Waals surface area (Å²) in [4.78, 5) is 2.26. The van der Waals surface area contributed by atoms with Crippen LogP contribution >= 0.6 is 0 Å². The van der Waals surface area contributed by atoms with Crippen LogP contribution in [0, 0.1) is 11.3 Å². The Kier molecular flexibility index (Phi) is 3.48. The lowest BCUT2D eigenvalue weighted by molar-refractivity contribution is 0.0560. The minimum atomic E-state index is 0.346. The number of rotatable bonds is 2. The van der Waals surface area contributed by atoms with Crippen molar-refractivity contribution in [3.63, 3.8) is 0 Å². The SMILES string of the molecule is CNN1CCN(C)C[C@@H]1CC#N. The molecule has 12 heavy (non-hydrogen) atoms. The maximum atomic E-state index is 8.60. The molecule has 1 atom stereocenters. The number of nitrogens with one attached hydrogen (secondary N) is 1. The first-order valence-electron chi connectivity index (χ1n) is 4.27. The van der Waals surface area contributed by atoms with Gasteiger partial charge in [-0.3, -0.25) is 5.43 Å². The molecule has 1 aliphatic rings. The molecule has 0 aromatic rings. The van der Waals surface area contributed by atoms with E-state index in [9.17, 15) is 0 Å². The van der Waals surface area contributed by atoms with E-state index in [0.717, 1.165) is 19.6 Å². The van der Waals surface area contributed by atoms with Crippen molar-refractivity contribution in [2.24, 2.45) is 0 Å². The summed E-state index contributed by atoms with van der Waals surface area (Å²) in [6.45, 7) is 3.05. The standard InChI is InChI=1S/C8H16N4/c1-10-12-6-5-11(2)7-8(12)3-4-9/h8,10H,3,5-7H2,1-2H3/t8-/m0/s1. The van der Waals surface area contributed by atoms with Crippen molar-refractivity contribution in [3.8, 4) is 6.07 Å². The van der Waals surface area contributed by atoms with Crippen LogP contribution in [-0.4, -0.2) is 49.7 Å². The van der Waals surface area contributed by atoms with Gasteiger partial charge in [0.1, 0.15) is 0 Å². The van der Waals surface area contributed by atoms with E-state index in [1.165, 1.54) is 0 Å². The highest BCUT2D eigenvalue weighted by Gasteiger charge is 2.23. The summed E-state index contributed by atoms with van der Waals surface area (Å²) >= 11 is 0. The van der Waals surface area contributed by atoms with Crippen LogP contribution in [0.15, 0.2) is 0 Å². The van der Waals surface area contributed by atoms with E-state index in [0.29, 0.717) is 12.5 Å². The molecule has 1 heterocycles. The molecule has 0 aromatic heterocycles. The fourth-order valence-electron chi connectivity index (χ4n) is 1.59. The van der Waals surface area contributed by atoms with Gasteiger partial charge in [-0.25, -0.2) is 5.01 Å². The normalized spacial score (nSPS) is 26.9. The Morgan fingerprint density at radius 2 is 2.33 bits per heavy atom. The van der Waals surface area contributed by atoms with Crippen LogP contribution in [0.3, 0.4) is 0 Å². The lowest BCUT2D eigenvalue weighted by Crippen LogP contribution is -2.55. The highest BCUT2D eigenvalue weighted by molar-refractivity contribution is 4.86. The minimum absolute atomic E-state index is 0.346. The lowest BCUT2D eigenvalue weighted by atomic mass is 10.1. The highest BCUT2D eigenvalue weighted by atomic mass is 15.5. The Hall–Kier alpha value is -0.630. The number of hydrogen-bond acceptors (Lipinski definition) is 4. The summed E-state index contributed by atoms with van der Waals surface area (Å²) in [5.41, 5.74) is 3.11. The van der Waals surface area contributed by atoms with Gasteiger partial charge in [-0.2, -0.15) is 5.26 Å². The number of nitriles is 1. The Bertz CT molecular complexity index is 174. The Morgan fingerprint density at radius 3 is 2.92 bits per heavy atom. The van der Waals surface area contributed by atoms with E-state index in [2.05, 4.69) is 28.5 Å². The second-order valence-corrected chi connectivity index (χ2v) is 3.20. The van der Waals surface area contributed by atoms with E-state index < -0.39 is 0 Å². The van der Waals surface area contributed by atoms with Crippen LogP contribution in [0.5, 0.6) is 0 Å². The van der Waals surface area contributed by atoms with Crippen LogP contribution in [0.1, 0.15) is 6.42 Å². The smallest absolute Gasteiger partial charge is 0.0639 e. The molecule has 4 nitrogen and oxygen atoms in total. The molecule has 0 amide bonds. The molecule has 0 spiro atoms. The van der Waals surface area contributed by atoms with E-state index in [1.54, 1.807) is 0 Å². The van der Waals surface area contributed by atoms with E-state index in [4.69, 9.17) is 5.26 Å². The first-order valence-corrected chi connectivity index (χ1v) is 4.27. The van der Waals surface area contributed by atoms with Gasteiger partial charge in [-0.15, -0.1) is 0 Å². The van der Waals surface area contributed by atoms with Crippen molar-refractivity contribution in [2.75, 3.05) is 33.7 Å². The molecule has 1 fully saturated rings. The summed E-state index contributed by atoms with van der Waals surface area (Å²) in [6.07, 6.45) is 0.602. The van der Waals surface area contributed by atoms with Crippen molar-refractivity contribution in [1.29, 1.82) is 5.26 Å². The van der Waals surface area contributed by atoms with Gasteiger partial charge >= 0.3 is 0 Å². The third-order valence-corrected chi connectivity index (χ3v) is 2.30. The van der Waals surface area contributed by atoms with E-state index >= 15 is 0 Å². The van der Waals surface area contributed by atoms with Crippen molar-refractivity contribution in [2.45, 2.75) is 12.5 Å².